The number of hydrogen-bond donors (Lipinski definition) is 2. The van der Waals surface area contributed by atoms with Crippen molar-refractivity contribution < 1.29 is 18.6 Å². The van der Waals surface area contributed by atoms with Gasteiger partial charge in [0.15, 0.2) is 9.84 Å². The summed E-state index contributed by atoms with van der Waals surface area (Å²) in [6.45, 7) is 4.58. The van der Waals surface area contributed by atoms with Crippen LogP contribution < -0.4 is 0 Å². The summed E-state index contributed by atoms with van der Waals surface area (Å²) in [4.78, 5) is 6.08. The molecule has 2 rings (SSSR count). The Morgan fingerprint density at radius 2 is 2.19 bits per heavy atom. The average Bonchev–Trinajstić information content (AvgIpc) is 2.80. The number of aliphatic hydroxyl groups excluding tert-OH is 1. The molecule has 0 bridgehead atoms. The van der Waals surface area contributed by atoms with Crippen LogP contribution in [0.2, 0.25) is 0 Å². The quantitative estimate of drug-likeness (QED) is 0.827. The van der Waals surface area contributed by atoms with Crippen molar-refractivity contribution in [2.24, 2.45) is 0 Å². The van der Waals surface area contributed by atoms with Crippen LogP contribution in [0.5, 0.6) is 5.75 Å². The van der Waals surface area contributed by atoms with Gasteiger partial charge in [-0.1, -0.05) is 6.92 Å². The number of rotatable bonds is 5. The first-order valence-corrected chi connectivity index (χ1v) is 8.91. The van der Waals surface area contributed by atoms with E-state index in [1.807, 2.05) is 11.8 Å². The van der Waals surface area contributed by atoms with Gasteiger partial charge in [0, 0.05) is 29.9 Å². The van der Waals surface area contributed by atoms with E-state index in [0.717, 1.165) is 0 Å². The lowest BCUT2D eigenvalue weighted by Gasteiger charge is -2.27. The Labute approximate surface area is 125 Å². The van der Waals surface area contributed by atoms with Crippen LogP contribution in [0.25, 0.3) is 0 Å². The van der Waals surface area contributed by atoms with Crippen molar-refractivity contribution in [1.82, 2.24) is 9.88 Å². The lowest BCUT2D eigenvalue weighted by Crippen LogP contribution is -2.35. The number of nitrogens with zero attached hydrogens (tertiary/aromatic N) is 2. The SMILES string of the molecule is CCN(Cc1c(CO)cnc(C)c1O)C1CCS(=O)(=O)C1. The van der Waals surface area contributed by atoms with E-state index in [2.05, 4.69) is 4.98 Å². The van der Waals surface area contributed by atoms with E-state index in [1.165, 1.54) is 0 Å². The molecule has 1 saturated heterocycles. The number of aliphatic hydroxyl groups is 1. The molecule has 0 spiro atoms. The minimum atomic E-state index is -2.94. The fourth-order valence-corrected chi connectivity index (χ4v) is 4.52. The van der Waals surface area contributed by atoms with Crippen LogP contribution >= 0.6 is 0 Å². The van der Waals surface area contributed by atoms with E-state index >= 15 is 0 Å². The molecule has 0 aliphatic carbocycles. The molecule has 7 heteroatoms. The number of aromatic hydroxyl groups is 1. The molecule has 2 N–H and O–H groups in total. The summed E-state index contributed by atoms with van der Waals surface area (Å²) in [5, 5.41) is 19.6. The van der Waals surface area contributed by atoms with Crippen LogP contribution in [0.1, 0.15) is 30.2 Å². The zero-order chi connectivity index (χ0) is 15.6. The van der Waals surface area contributed by atoms with Gasteiger partial charge >= 0.3 is 0 Å². The highest BCUT2D eigenvalue weighted by Crippen LogP contribution is 2.27. The van der Waals surface area contributed by atoms with E-state index < -0.39 is 9.84 Å². The Morgan fingerprint density at radius 1 is 1.48 bits per heavy atom. The van der Waals surface area contributed by atoms with E-state index in [1.54, 1.807) is 13.1 Å². The van der Waals surface area contributed by atoms with Gasteiger partial charge in [-0.05, 0) is 19.9 Å². The summed E-state index contributed by atoms with van der Waals surface area (Å²) >= 11 is 0. The second kappa shape index (κ2) is 6.29. The Hall–Kier alpha value is -1.18. The molecule has 1 unspecified atom stereocenters. The van der Waals surface area contributed by atoms with Crippen molar-refractivity contribution in [2.45, 2.75) is 39.5 Å². The van der Waals surface area contributed by atoms with Crippen molar-refractivity contribution in [2.75, 3.05) is 18.1 Å². The molecular weight excluding hydrogens is 292 g/mol. The average molecular weight is 314 g/mol. The second-order valence-corrected chi connectivity index (χ2v) is 7.70. The molecule has 0 radical (unpaired) electrons. The molecule has 1 atom stereocenters. The fourth-order valence-electron chi connectivity index (χ4n) is 2.76. The molecule has 1 aromatic heterocycles. The van der Waals surface area contributed by atoms with Crippen LogP contribution in [0, 0.1) is 6.92 Å². The van der Waals surface area contributed by atoms with Crippen molar-refractivity contribution in [3.8, 4) is 5.75 Å². The lowest BCUT2D eigenvalue weighted by molar-refractivity contribution is 0.208. The molecule has 21 heavy (non-hydrogen) atoms. The Bertz CT molecular complexity index is 616. The summed E-state index contributed by atoms with van der Waals surface area (Å²) in [5.41, 5.74) is 1.73. The predicted molar refractivity (Wildman–Crippen MR) is 79.7 cm³/mol. The van der Waals surface area contributed by atoms with Crippen molar-refractivity contribution in [1.29, 1.82) is 0 Å². The zero-order valence-electron chi connectivity index (χ0n) is 12.4. The smallest absolute Gasteiger partial charge is 0.151 e. The highest BCUT2D eigenvalue weighted by molar-refractivity contribution is 7.91. The Morgan fingerprint density at radius 3 is 2.71 bits per heavy atom. The van der Waals surface area contributed by atoms with Crippen molar-refractivity contribution >= 4 is 9.84 Å². The Kier molecular flexibility index (Phi) is 4.85. The van der Waals surface area contributed by atoms with Gasteiger partial charge in [0.2, 0.25) is 0 Å². The number of aryl methyl sites for hydroxylation is 1. The summed E-state index contributed by atoms with van der Waals surface area (Å²) in [7, 11) is -2.94. The van der Waals surface area contributed by atoms with Crippen molar-refractivity contribution in [3.63, 3.8) is 0 Å². The van der Waals surface area contributed by atoms with E-state index in [9.17, 15) is 18.6 Å². The maximum absolute atomic E-state index is 11.6. The summed E-state index contributed by atoms with van der Waals surface area (Å²) in [6, 6.07) is -0.0283. The molecular formula is C14H22N2O4S. The largest absolute Gasteiger partial charge is 0.506 e. The lowest BCUT2D eigenvalue weighted by atomic mass is 10.1. The van der Waals surface area contributed by atoms with Crippen LogP contribution in [-0.2, 0) is 23.0 Å². The maximum atomic E-state index is 11.6. The van der Waals surface area contributed by atoms with Crippen LogP contribution in [0.4, 0.5) is 0 Å². The van der Waals surface area contributed by atoms with Gasteiger partial charge in [0.25, 0.3) is 0 Å². The van der Waals surface area contributed by atoms with Gasteiger partial charge in [-0.15, -0.1) is 0 Å². The Balaban J connectivity index is 2.25. The zero-order valence-corrected chi connectivity index (χ0v) is 13.2. The van der Waals surface area contributed by atoms with Gasteiger partial charge < -0.3 is 10.2 Å². The highest BCUT2D eigenvalue weighted by atomic mass is 32.2. The van der Waals surface area contributed by atoms with Crippen LogP contribution in [-0.4, -0.2) is 52.6 Å². The first-order valence-electron chi connectivity index (χ1n) is 7.09. The maximum Gasteiger partial charge on any atom is 0.151 e. The molecule has 0 amide bonds. The van der Waals surface area contributed by atoms with Gasteiger partial charge in [0.1, 0.15) is 5.75 Å². The second-order valence-electron chi connectivity index (χ2n) is 5.47. The summed E-state index contributed by atoms with van der Waals surface area (Å²) < 4.78 is 23.3. The molecule has 1 aliphatic rings. The van der Waals surface area contributed by atoms with Crippen LogP contribution in [0.15, 0.2) is 6.20 Å². The standard InChI is InChI=1S/C14H22N2O4S/c1-3-16(12-4-5-21(19,20)9-12)7-13-11(8-17)6-15-10(2)14(13)18/h6,12,17-18H,3-5,7-9H2,1-2H3. The molecule has 118 valence electrons. The fraction of sp³-hybridized carbons (Fsp3) is 0.643. The third-order valence-electron chi connectivity index (χ3n) is 4.09. The molecule has 0 saturated carbocycles. The normalized spacial score (nSPS) is 21.0. The van der Waals surface area contributed by atoms with E-state index in [-0.39, 0.29) is 29.9 Å². The predicted octanol–water partition coefficient (Wildman–Crippen LogP) is 0.597. The van der Waals surface area contributed by atoms with Gasteiger partial charge in [-0.2, -0.15) is 0 Å². The number of hydrogen-bond acceptors (Lipinski definition) is 6. The molecule has 6 nitrogen and oxygen atoms in total. The monoisotopic (exact) mass is 314 g/mol. The number of aromatic nitrogens is 1. The molecule has 1 aromatic rings. The molecule has 1 fully saturated rings. The molecule has 0 aromatic carbocycles. The number of sulfone groups is 1. The third-order valence-corrected chi connectivity index (χ3v) is 5.84. The van der Waals surface area contributed by atoms with Gasteiger partial charge in [-0.25, -0.2) is 8.42 Å². The highest BCUT2D eigenvalue weighted by Gasteiger charge is 2.32. The third kappa shape index (κ3) is 3.53. The van der Waals surface area contributed by atoms with Gasteiger partial charge in [0.05, 0.1) is 23.8 Å². The van der Waals surface area contributed by atoms with Crippen LogP contribution in [0.3, 0.4) is 0 Å². The minimum absolute atomic E-state index is 0.0283. The molecule has 1 aliphatic heterocycles. The first-order chi connectivity index (χ1) is 9.88. The van der Waals surface area contributed by atoms with Gasteiger partial charge in [-0.3, -0.25) is 9.88 Å². The molecule has 2 heterocycles. The first kappa shape index (κ1) is 16.2. The summed E-state index contributed by atoms with van der Waals surface area (Å²) in [6.07, 6.45) is 2.18. The minimum Gasteiger partial charge on any atom is -0.506 e. The topological polar surface area (TPSA) is 90.7 Å². The van der Waals surface area contributed by atoms with E-state index in [0.29, 0.717) is 36.3 Å². The van der Waals surface area contributed by atoms with E-state index in [4.69, 9.17) is 0 Å². The summed E-state index contributed by atoms with van der Waals surface area (Å²) in [5.74, 6) is 0.475. The number of pyridine rings is 1. The van der Waals surface area contributed by atoms with Crippen molar-refractivity contribution in [3.05, 3.63) is 23.0 Å².